The Morgan fingerprint density at radius 1 is 1.15 bits per heavy atom. The highest BCUT2D eigenvalue weighted by molar-refractivity contribution is 7.07. The van der Waals surface area contributed by atoms with Crippen LogP contribution in [-0.4, -0.2) is 36.3 Å². The van der Waals surface area contributed by atoms with Crippen molar-refractivity contribution < 1.29 is 9.59 Å². The molecular weight excluding hydrogens is 358 g/mol. The molecule has 0 bridgehead atoms. The topological polar surface area (TPSA) is 61.4 Å². The van der Waals surface area contributed by atoms with Crippen LogP contribution in [0.2, 0.25) is 0 Å². The first-order chi connectivity index (χ1) is 13.1. The third-order valence-electron chi connectivity index (χ3n) is 5.10. The second-order valence-electron chi connectivity index (χ2n) is 7.17. The molecule has 0 spiro atoms. The summed E-state index contributed by atoms with van der Waals surface area (Å²) in [6.07, 6.45) is 2.10. The van der Waals surface area contributed by atoms with Crippen molar-refractivity contribution in [2.75, 3.05) is 19.6 Å². The van der Waals surface area contributed by atoms with Gasteiger partial charge in [0, 0.05) is 13.1 Å². The van der Waals surface area contributed by atoms with Crippen LogP contribution in [0.3, 0.4) is 0 Å². The molecule has 1 aliphatic rings. The number of nitrogens with one attached hydrogen (secondary N) is 2. The SMILES string of the molecule is C[C@@H](NC(=O)C(=O)NCC1CCN(Cc2ccsc2)CC1)c1ccccc1. The molecule has 1 aromatic heterocycles. The van der Waals surface area contributed by atoms with Crippen LogP contribution in [0.1, 0.15) is 36.9 Å². The van der Waals surface area contributed by atoms with Crippen molar-refractivity contribution in [3.63, 3.8) is 0 Å². The zero-order valence-corrected chi connectivity index (χ0v) is 16.5. The number of benzene rings is 1. The third-order valence-corrected chi connectivity index (χ3v) is 5.83. The first-order valence-corrected chi connectivity index (χ1v) is 10.4. The van der Waals surface area contributed by atoms with E-state index in [1.165, 1.54) is 5.56 Å². The first kappa shape index (κ1) is 19.6. The standard InChI is InChI=1S/C21H27N3O2S/c1-16(19-5-3-2-4-6-19)23-21(26)20(25)22-13-17-7-10-24(11-8-17)14-18-9-12-27-15-18/h2-6,9,12,15-17H,7-8,10-11,13-14H2,1H3,(H,22,25)(H,23,26)/t16-/m1/s1. The largest absolute Gasteiger partial charge is 0.348 e. The van der Waals surface area contributed by atoms with Crippen LogP contribution in [-0.2, 0) is 16.1 Å². The summed E-state index contributed by atoms with van der Waals surface area (Å²) in [6, 6.07) is 11.6. The van der Waals surface area contributed by atoms with Gasteiger partial charge in [0.2, 0.25) is 0 Å². The van der Waals surface area contributed by atoms with Crippen LogP contribution >= 0.6 is 11.3 Å². The Kier molecular flexibility index (Phi) is 7.01. The molecule has 2 N–H and O–H groups in total. The van der Waals surface area contributed by atoms with E-state index in [0.29, 0.717) is 12.5 Å². The van der Waals surface area contributed by atoms with Gasteiger partial charge in [-0.3, -0.25) is 14.5 Å². The van der Waals surface area contributed by atoms with Gasteiger partial charge in [-0.05, 0) is 66.7 Å². The van der Waals surface area contributed by atoms with Gasteiger partial charge in [0.1, 0.15) is 0 Å². The average Bonchev–Trinajstić information content (AvgIpc) is 3.21. The summed E-state index contributed by atoms with van der Waals surface area (Å²) in [7, 11) is 0. The van der Waals surface area contributed by atoms with E-state index in [9.17, 15) is 9.59 Å². The average molecular weight is 386 g/mol. The van der Waals surface area contributed by atoms with Crippen molar-refractivity contribution in [1.82, 2.24) is 15.5 Å². The molecule has 27 heavy (non-hydrogen) atoms. The van der Waals surface area contributed by atoms with Crippen LogP contribution in [0.5, 0.6) is 0 Å². The maximum absolute atomic E-state index is 12.1. The number of thiophene rings is 1. The first-order valence-electron chi connectivity index (χ1n) is 9.49. The molecule has 1 aromatic carbocycles. The summed E-state index contributed by atoms with van der Waals surface area (Å²) < 4.78 is 0. The predicted molar refractivity (Wildman–Crippen MR) is 108 cm³/mol. The van der Waals surface area contributed by atoms with Crippen LogP contribution in [0.25, 0.3) is 0 Å². The number of hydrogen-bond donors (Lipinski definition) is 2. The van der Waals surface area contributed by atoms with Crippen LogP contribution in [0, 0.1) is 5.92 Å². The van der Waals surface area contributed by atoms with Crippen molar-refractivity contribution in [2.24, 2.45) is 5.92 Å². The minimum Gasteiger partial charge on any atom is -0.348 e. The number of piperidine rings is 1. The molecule has 1 saturated heterocycles. The number of carbonyl (C=O) groups is 2. The predicted octanol–water partition coefficient (Wildman–Crippen LogP) is 2.95. The monoisotopic (exact) mass is 385 g/mol. The van der Waals surface area contributed by atoms with Gasteiger partial charge >= 0.3 is 11.8 Å². The molecule has 2 heterocycles. The zero-order chi connectivity index (χ0) is 19.1. The third kappa shape index (κ3) is 5.91. The fraction of sp³-hybridized carbons (Fsp3) is 0.429. The van der Waals surface area contributed by atoms with Gasteiger partial charge < -0.3 is 10.6 Å². The molecule has 1 fully saturated rings. The molecule has 1 atom stereocenters. The minimum atomic E-state index is -0.568. The number of likely N-dealkylation sites (tertiary alicyclic amines) is 1. The summed E-state index contributed by atoms with van der Waals surface area (Å²) in [5, 5.41) is 9.87. The number of nitrogens with zero attached hydrogens (tertiary/aromatic N) is 1. The lowest BCUT2D eigenvalue weighted by molar-refractivity contribution is -0.139. The molecule has 5 nitrogen and oxygen atoms in total. The molecule has 0 radical (unpaired) electrons. The molecule has 144 valence electrons. The van der Waals surface area contributed by atoms with E-state index < -0.39 is 11.8 Å². The van der Waals surface area contributed by atoms with Gasteiger partial charge in [0.25, 0.3) is 0 Å². The molecule has 0 saturated carbocycles. The number of carbonyl (C=O) groups excluding carboxylic acids is 2. The Hall–Kier alpha value is -2.18. The summed E-state index contributed by atoms with van der Waals surface area (Å²) in [4.78, 5) is 26.6. The molecule has 1 aliphatic heterocycles. The summed E-state index contributed by atoms with van der Waals surface area (Å²) >= 11 is 1.73. The lowest BCUT2D eigenvalue weighted by atomic mass is 9.96. The van der Waals surface area contributed by atoms with Gasteiger partial charge in [-0.2, -0.15) is 11.3 Å². The Morgan fingerprint density at radius 3 is 2.56 bits per heavy atom. The Balaban J connectivity index is 1.36. The van der Waals surface area contributed by atoms with Gasteiger partial charge in [0.05, 0.1) is 6.04 Å². The van der Waals surface area contributed by atoms with Crippen molar-refractivity contribution in [3.8, 4) is 0 Å². The van der Waals surface area contributed by atoms with Crippen LogP contribution in [0.4, 0.5) is 0 Å². The normalized spacial score (nSPS) is 16.6. The maximum atomic E-state index is 12.1. The maximum Gasteiger partial charge on any atom is 0.309 e. The van der Waals surface area contributed by atoms with Crippen molar-refractivity contribution in [2.45, 2.75) is 32.4 Å². The van der Waals surface area contributed by atoms with Crippen molar-refractivity contribution >= 4 is 23.2 Å². The van der Waals surface area contributed by atoms with Crippen LogP contribution in [0.15, 0.2) is 47.2 Å². The van der Waals surface area contributed by atoms with Crippen LogP contribution < -0.4 is 10.6 Å². The van der Waals surface area contributed by atoms with E-state index in [4.69, 9.17) is 0 Å². The summed E-state index contributed by atoms with van der Waals surface area (Å²) in [5.74, 6) is -0.674. The second-order valence-corrected chi connectivity index (χ2v) is 7.95. The highest BCUT2D eigenvalue weighted by Gasteiger charge is 2.22. The van der Waals surface area contributed by atoms with E-state index in [0.717, 1.165) is 38.0 Å². The lowest BCUT2D eigenvalue weighted by Gasteiger charge is -2.31. The number of amides is 2. The Bertz CT molecular complexity index is 725. The number of hydrogen-bond acceptors (Lipinski definition) is 4. The van der Waals surface area contributed by atoms with Gasteiger partial charge in [0.15, 0.2) is 0 Å². The van der Waals surface area contributed by atoms with Crippen molar-refractivity contribution in [1.29, 1.82) is 0 Å². The fourth-order valence-electron chi connectivity index (χ4n) is 3.39. The van der Waals surface area contributed by atoms with E-state index in [1.54, 1.807) is 11.3 Å². The quantitative estimate of drug-likeness (QED) is 0.752. The van der Waals surface area contributed by atoms with E-state index in [1.807, 2.05) is 37.3 Å². The molecule has 3 rings (SSSR count). The Labute approximate surface area is 164 Å². The van der Waals surface area contributed by atoms with E-state index in [-0.39, 0.29) is 6.04 Å². The molecule has 6 heteroatoms. The number of rotatable bonds is 6. The minimum absolute atomic E-state index is 0.190. The highest BCUT2D eigenvalue weighted by Crippen LogP contribution is 2.19. The van der Waals surface area contributed by atoms with Gasteiger partial charge in [-0.15, -0.1) is 0 Å². The van der Waals surface area contributed by atoms with Gasteiger partial charge in [-0.1, -0.05) is 30.3 Å². The summed E-state index contributed by atoms with van der Waals surface area (Å²) in [5.41, 5.74) is 2.35. The molecule has 0 unspecified atom stereocenters. The summed E-state index contributed by atoms with van der Waals surface area (Å²) in [6.45, 7) is 5.52. The highest BCUT2D eigenvalue weighted by atomic mass is 32.1. The van der Waals surface area contributed by atoms with Crippen molar-refractivity contribution in [3.05, 3.63) is 58.3 Å². The van der Waals surface area contributed by atoms with Gasteiger partial charge in [-0.25, -0.2) is 0 Å². The molecule has 2 aromatic rings. The second kappa shape index (κ2) is 9.67. The molecule has 0 aliphatic carbocycles. The smallest absolute Gasteiger partial charge is 0.309 e. The van der Waals surface area contributed by atoms with E-state index >= 15 is 0 Å². The fourth-order valence-corrected chi connectivity index (χ4v) is 4.05. The Morgan fingerprint density at radius 2 is 1.89 bits per heavy atom. The molecule has 2 amide bonds. The molecular formula is C21H27N3O2S. The van der Waals surface area contributed by atoms with E-state index in [2.05, 4.69) is 32.4 Å². The zero-order valence-electron chi connectivity index (χ0n) is 15.7. The lowest BCUT2D eigenvalue weighted by Crippen LogP contribution is -2.44.